The summed E-state index contributed by atoms with van der Waals surface area (Å²) < 4.78 is 38.6. The maximum Gasteiger partial charge on any atom is 0.256 e. The highest BCUT2D eigenvalue weighted by molar-refractivity contribution is 5.97. The largest absolute Gasteiger partial charge is 0.443 e. The molecule has 0 saturated heterocycles. The van der Waals surface area contributed by atoms with E-state index in [1.54, 1.807) is 25.2 Å². The van der Waals surface area contributed by atoms with Crippen LogP contribution in [0.3, 0.4) is 0 Å². The van der Waals surface area contributed by atoms with E-state index in [4.69, 9.17) is 9.15 Å². The molecular formula is C21H15F2N3O4. The molecule has 30 heavy (non-hydrogen) atoms. The van der Waals surface area contributed by atoms with Crippen molar-refractivity contribution in [2.45, 2.75) is 12.6 Å². The first-order valence-electron chi connectivity index (χ1n) is 9.16. The zero-order valence-corrected chi connectivity index (χ0v) is 15.7. The Morgan fingerprint density at radius 3 is 2.77 bits per heavy atom. The Kier molecular flexibility index (Phi) is 4.14. The molecule has 1 N–H and O–H groups in total. The number of ether oxygens (including phenoxy) is 1. The molecule has 7 nitrogen and oxygen atoms in total. The van der Waals surface area contributed by atoms with Crippen LogP contribution in [0.4, 0.5) is 8.78 Å². The second kappa shape index (κ2) is 6.74. The quantitative estimate of drug-likeness (QED) is 0.547. The van der Waals surface area contributed by atoms with Crippen LogP contribution in [0.5, 0.6) is 0 Å². The van der Waals surface area contributed by atoms with Gasteiger partial charge in [-0.25, -0.2) is 13.8 Å². The monoisotopic (exact) mass is 411 g/mol. The van der Waals surface area contributed by atoms with Gasteiger partial charge in [0.1, 0.15) is 5.52 Å². The molecule has 0 fully saturated rings. The highest BCUT2D eigenvalue weighted by atomic mass is 19.2. The summed E-state index contributed by atoms with van der Waals surface area (Å²) in [4.78, 5) is 33.6. The van der Waals surface area contributed by atoms with E-state index >= 15 is 0 Å². The van der Waals surface area contributed by atoms with E-state index in [0.29, 0.717) is 27.9 Å². The van der Waals surface area contributed by atoms with Crippen LogP contribution in [0.2, 0.25) is 0 Å². The third-order valence-corrected chi connectivity index (χ3v) is 5.41. The Morgan fingerprint density at radius 2 is 1.97 bits per heavy atom. The number of aromatic nitrogens is 2. The average Bonchev–Trinajstić information content (AvgIpc) is 3.21. The number of nitrogens with one attached hydrogen (secondary N) is 1. The van der Waals surface area contributed by atoms with Gasteiger partial charge in [-0.1, -0.05) is 0 Å². The summed E-state index contributed by atoms with van der Waals surface area (Å²) in [5.74, 6) is -2.50. The first kappa shape index (κ1) is 18.4. The summed E-state index contributed by atoms with van der Waals surface area (Å²) in [6.45, 7) is 0.238. The lowest BCUT2D eigenvalue weighted by atomic mass is 9.95. The number of fused-ring (bicyclic) bond motifs is 4. The number of oxazole rings is 1. The Bertz CT molecular complexity index is 1380. The molecule has 0 radical (unpaired) electrons. The van der Waals surface area contributed by atoms with E-state index in [9.17, 15) is 18.4 Å². The van der Waals surface area contributed by atoms with Crippen LogP contribution >= 0.6 is 0 Å². The molecule has 0 aliphatic carbocycles. The standard InChI is InChI=1S/C21H15F2N3O4/c1-26(21(28)10-2-3-15-18(4-10)30-9-24-15)17-8-29-7-16-19(17)11-5-13(22)14(23)6-12(11)20(27)25-16/h2-6,9,17H,7-8H2,1H3,(H,25,27)/t17-/m1/s1. The number of aromatic amines is 1. The van der Waals surface area contributed by atoms with E-state index in [2.05, 4.69) is 9.97 Å². The number of halogens is 2. The van der Waals surface area contributed by atoms with Gasteiger partial charge in [0.05, 0.1) is 24.6 Å². The molecule has 9 heteroatoms. The zero-order chi connectivity index (χ0) is 21.0. The maximum atomic E-state index is 14.0. The van der Waals surface area contributed by atoms with Gasteiger partial charge in [0.2, 0.25) is 0 Å². The zero-order valence-electron chi connectivity index (χ0n) is 15.7. The van der Waals surface area contributed by atoms with Gasteiger partial charge in [-0.2, -0.15) is 0 Å². The fourth-order valence-electron chi connectivity index (χ4n) is 3.88. The molecule has 1 aliphatic heterocycles. The smallest absolute Gasteiger partial charge is 0.256 e. The van der Waals surface area contributed by atoms with Crippen LogP contribution in [0.1, 0.15) is 27.7 Å². The van der Waals surface area contributed by atoms with Gasteiger partial charge in [0.15, 0.2) is 23.6 Å². The molecule has 0 saturated carbocycles. The lowest BCUT2D eigenvalue weighted by molar-refractivity contribution is 0.0335. The van der Waals surface area contributed by atoms with E-state index < -0.39 is 23.2 Å². The number of hydrogen-bond acceptors (Lipinski definition) is 5. The van der Waals surface area contributed by atoms with E-state index in [0.717, 1.165) is 12.1 Å². The fourth-order valence-corrected chi connectivity index (χ4v) is 3.88. The highest BCUT2D eigenvalue weighted by Crippen LogP contribution is 2.34. The minimum Gasteiger partial charge on any atom is -0.443 e. The van der Waals surface area contributed by atoms with Gasteiger partial charge >= 0.3 is 0 Å². The number of amides is 1. The first-order valence-corrected chi connectivity index (χ1v) is 9.16. The summed E-state index contributed by atoms with van der Waals surface area (Å²) in [7, 11) is 1.59. The molecule has 1 atom stereocenters. The molecule has 2 aromatic carbocycles. The minimum atomic E-state index is -1.11. The summed E-state index contributed by atoms with van der Waals surface area (Å²) in [6.07, 6.45) is 1.30. The van der Waals surface area contributed by atoms with Crippen LogP contribution in [-0.4, -0.2) is 34.4 Å². The summed E-state index contributed by atoms with van der Waals surface area (Å²) in [5.41, 5.74) is 1.89. The minimum absolute atomic E-state index is 0.0171. The molecule has 2 aromatic heterocycles. The Hall–Kier alpha value is -3.59. The molecule has 0 unspecified atom stereocenters. The molecule has 152 valence electrons. The molecule has 1 amide bonds. The van der Waals surface area contributed by atoms with Gasteiger partial charge in [-0.15, -0.1) is 0 Å². The average molecular weight is 411 g/mol. The number of likely N-dealkylation sites (N-methyl/N-ethyl adjacent to an activating group) is 1. The van der Waals surface area contributed by atoms with Gasteiger partial charge in [-0.05, 0) is 35.7 Å². The number of nitrogens with zero attached hydrogens (tertiary/aromatic N) is 2. The molecule has 5 rings (SSSR count). The molecule has 3 heterocycles. The van der Waals surface area contributed by atoms with Crippen molar-refractivity contribution in [1.82, 2.24) is 14.9 Å². The Labute approximate surface area is 167 Å². The number of benzene rings is 2. The number of carbonyl (C=O) groups excluding carboxylic acids is 1. The second-order valence-corrected chi connectivity index (χ2v) is 7.14. The van der Waals surface area contributed by atoms with Crippen molar-refractivity contribution in [2.75, 3.05) is 13.7 Å². The van der Waals surface area contributed by atoms with E-state index in [-0.39, 0.29) is 29.9 Å². The number of carbonyl (C=O) groups is 1. The number of hydrogen-bond donors (Lipinski definition) is 1. The number of H-pyrrole nitrogens is 1. The predicted molar refractivity (Wildman–Crippen MR) is 103 cm³/mol. The van der Waals surface area contributed by atoms with Crippen molar-refractivity contribution >= 4 is 27.8 Å². The second-order valence-electron chi connectivity index (χ2n) is 7.14. The third-order valence-electron chi connectivity index (χ3n) is 5.41. The van der Waals surface area contributed by atoms with Crippen molar-refractivity contribution in [2.24, 2.45) is 0 Å². The topological polar surface area (TPSA) is 88.4 Å². The van der Waals surface area contributed by atoms with Crippen molar-refractivity contribution in [1.29, 1.82) is 0 Å². The summed E-state index contributed by atoms with van der Waals surface area (Å²) >= 11 is 0. The molecule has 1 aliphatic rings. The van der Waals surface area contributed by atoms with Crippen LogP contribution in [0, 0.1) is 11.6 Å². The normalized spacial score (nSPS) is 16.0. The van der Waals surface area contributed by atoms with Gasteiger partial charge < -0.3 is 19.0 Å². The van der Waals surface area contributed by atoms with Gasteiger partial charge in [0.25, 0.3) is 11.5 Å². The lowest BCUT2D eigenvalue weighted by Crippen LogP contribution is -2.37. The van der Waals surface area contributed by atoms with Crippen LogP contribution < -0.4 is 5.56 Å². The van der Waals surface area contributed by atoms with Crippen LogP contribution in [0.25, 0.3) is 21.9 Å². The van der Waals surface area contributed by atoms with Crippen LogP contribution in [0.15, 0.2) is 45.9 Å². The fraction of sp³-hybridized carbons (Fsp3) is 0.190. The van der Waals surface area contributed by atoms with Crippen molar-refractivity contribution in [3.8, 4) is 0 Å². The van der Waals surface area contributed by atoms with E-state index in [1.165, 1.54) is 11.3 Å². The SMILES string of the molecule is CN(C(=O)c1ccc2ncoc2c1)[C@@H]1COCc2[nH]c(=O)c3cc(F)c(F)cc3c21. The van der Waals surface area contributed by atoms with Crippen molar-refractivity contribution in [3.05, 3.63) is 75.5 Å². The lowest BCUT2D eigenvalue weighted by Gasteiger charge is -2.33. The summed E-state index contributed by atoms with van der Waals surface area (Å²) in [6, 6.07) is 6.15. The van der Waals surface area contributed by atoms with Crippen molar-refractivity contribution in [3.63, 3.8) is 0 Å². The van der Waals surface area contributed by atoms with Gasteiger partial charge in [0, 0.05) is 23.9 Å². The Balaban J connectivity index is 1.62. The van der Waals surface area contributed by atoms with E-state index in [1.807, 2.05) is 0 Å². The predicted octanol–water partition coefficient (Wildman–Crippen LogP) is 3.29. The molecule has 4 aromatic rings. The first-order chi connectivity index (χ1) is 14.4. The van der Waals surface area contributed by atoms with Crippen LogP contribution in [-0.2, 0) is 11.3 Å². The molecular weight excluding hydrogens is 396 g/mol. The van der Waals surface area contributed by atoms with Crippen molar-refractivity contribution < 1.29 is 22.7 Å². The molecule has 0 bridgehead atoms. The van der Waals surface area contributed by atoms with Gasteiger partial charge in [-0.3, -0.25) is 9.59 Å². The number of pyridine rings is 1. The molecule has 0 spiro atoms. The Morgan fingerprint density at radius 1 is 1.20 bits per heavy atom. The highest BCUT2D eigenvalue weighted by Gasteiger charge is 2.31. The third kappa shape index (κ3) is 2.78. The number of rotatable bonds is 2. The maximum absolute atomic E-state index is 14.0. The summed E-state index contributed by atoms with van der Waals surface area (Å²) in [5, 5.41) is 0.273.